The summed E-state index contributed by atoms with van der Waals surface area (Å²) in [6.45, 7) is 4.10. The third kappa shape index (κ3) is 4.36. The molecule has 0 bridgehead atoms. The number of nitrogens with zero attached hydrogens (tertiary/aromatic N) is 3. The zero-order valence-corrected chi connectivity index (χ0v) is 16.0. The van der Waals surface area contributed by atoms with Crippen LogP contribution >= 0.6 is 11.8 Å². The zero-order chi connectivity index (χ0) is 18.5. The lowest BCUT2D eigenvalue weighted by molar-refractivity contribution is -0.122. The van der Waals surface area contributed by atoms with Crippen LogP contribution in [0.4, 0.5) is 0 Å². The second-order valence-electron chi connectivity index (χ2n) is 6.89. The van der Waals surface area contributed by atoms with E-state index in [0.29, 0.717) is 36.9 Å². The lowest BCUT2D eigenvalue weighted by atomic mass is 9.95. The summed E-state index contributed by atoms with van der Waals surface area (Å²) in [6.07, 6.45) is 3.41. The number of ether oxygens (including phenoxy) is 1. The van der Waals surface area contributed by atoms with Gasteiger partial charge in [0.15, 0.2) is 5.76 Å². The topological polar surface area (TPSA) is 93.6 Å². The van der Waals surface area contributed by atoms with Crippen LogP contribution in [0.3, 0.4) is 0 Å². The highest BCUT2D eigenvalue weighted by atomic mass is 32.2. The number of aryl methyl sites for hydroxylation is 1. The SMILES string of the molecule is O=C(CCc1nc(-c2ccco2)no1)NCC1(N2CCOCC2)CCSC1. The van der Waals surface area contributed by atoms with E-state index in [1.165, 1.54) is 0 Å². The molecule has 27 heavy (non-hydrogen) atoms. The molecule has 2 fully saturated rings. The van der Waals surface area contributed by atoms with Crippen molar-refractivity contribution in [1.29, 1.82) is 0 Å². The summed E-state index contributed by atoms with van der Waals surface area (Å²) >= 11 is 1.96. The number of amides is 1. The lowest BCUT2D eigenvalue weighted by Crippen LogP contribution is -2.59. The van der Waals surface area contributed by atoms with Crippen molar-refractivity contribution >= 4 is 17.7 Å². The van der Waals surface area contributed by atoms with Crippen LogP contribution in [0.15, 0.2) is 27.3 Å². The highest BCUT2D eigenvalue weighted by Gasteiger charge is 2.40. The summed E-state index contributed by atoms with van der Waals surface area (Å²) in [5.41, 5.74) is 0.0566. The van der Waals surface area contributed by atoms with Gasteiger partial charge in [0.25, 0.3) is 0 Å². The molecule has 4 heterocycles. The normalized spacial score (nSPS) is 23.6. The standard InChI is InChI=1S/C18H24N4O4S/c23-15(3-4-16-20-17(21-26-16)14-2-1-8-25-14)19-12-18(5-11-27-13-18)22-6-9-24-10-7-22/h1-2,8H,3-7,9-13H2,(H,19,23). The molecule has 0 radical (unpaired) electrons. The Labute approximate surface area is 162 Å². The van der Waals surface area contributed by atoms with Crippen LogP contribution in [0, 0.1) is 0 Å². The molecule has 0 aliphatic carbocycles. The first-order valence-electron chi connectivity index (χ1n) is 9.29. The van der Waals surface area contributed by atoms with Crippen LogP contribution < -0.4 is 5.32 Å². The second kappa shape index (κ2) is 8.45. The van der Waals surface area contributed by atoms with E-state index < -0.39 is 0 Å². The number of morpholine rings is 1. The Bertz CT molecular complexity index is 736. The molecule has 2 aliphatic rings. The molecule has 1 N–H and O–H groups in total. The maximum absolute atomic E-state index is 12.4. The predicted molar refractivity (Wildman–Crippen MR) is 100 cm³/mol. The molecule has 146 valence electrons. The van der Waals surface area contributed by atoms with Gasteiger partial charge >= 0.3 is 0 Å². The Morgan fingerprint density at radius 2 is 2.26 bits per heavy atom. The molecular weight excluding hydrogens is 368 g/mol. The van der Waals surface area contributed by atoms with Gasteiger partial charge in [-0.3, -0.25) is 9.69 Å². The average molecular weight is 392 g/mol. The van der Waals surface area contributed by atoms with Gasteiger partial charge < -0.3 is 19.0 Å². The number of thioether (sulfide) groups is 1. The number of aromatic nitrogens is 2. The third-order valence-corrected chi connectivity index (χ3v) is 6.39. The number of furan rings is 1. The maximum atomic E-state index is 12.4. The predicted octanol–water partition coefficient (Wildman–Crippen LogP) is 1.59. The number of carbonyl (C=O) groups is 1. The van der Waals surface area contributed by atoms with Crippen LogP contribution in [0.2, 0.25) is 0 Å². The number of rotatable bonds is 7. The first-order chi connectivity index (χ1) is 13.3. The quantitative estimate of drug-likeness (QED) is 0.759. The van der Waals surface area contributed by atoms with Crippen molar-refractivity contribution in [2.24, 2.45) is 0 Å². The van der Waals surface area contributed by atoms with Crippen molar-refractivity contribution in [3.05, 3.63) is 24.3 Å². The zero-order valence-electron chi connectivity index (χ0n) is 15.2. The van der Waals surface area contributed by atoms with E-state index >= 15 is 0 Å². The minimum absolute atomic E-state index is 0.0114. The second-order valence-corrected chi connectivity index (χ2v) is 8.00. The molecule has 0 aromatic carbocycles. The van der Waals surface area contributed by atoms with Crippen molar-refractivity contribution in [2.75, 3.05) is 44.4 Å². The molecule has 1 unspecified atom stereocenters. The smallest absolute Gasteiger partial charge is 0.238 e. The van der Waals surface area contributed by atoms with Crippen LogP contribution in [0.5, 0.6) is 0 Å². The van der Waals surface area contributed by atoms with Gasteiger partial charge in [-0.05, 0) is 24.3 Å². The Kier molecular flexibility index (Phi) is 5.80. The van der Waals surface area contributed by atoms with Gasteiger partial charge in [-0.15, -0.1) is 0 Å². The average Bonchev–Trinajstić information content (AvgIpc) is 3.47. The highest BCUT2D eigenvalue weighted by Crippen LogP contribution is 2.33. The fourth-order valence-corrected chi connectivity index (χ4v) is 5.05. The van der Waals surface area contributed by atoms with Gasteiger partial charge in [-0.1, -0.05) is 5.16 Å². The van der Waals surface area contributed by atoms with E-state index in [2.05, 4.69) is 20.4 Å². The van der Waals surface area contributed by atoms with E-state index in [1.807, 2.05) is 11.8 Å². The Morgan fingerprint density at radius 3 is 3.00 bits per heavy atom. The molecule has 0 saturated carbocycles. The molecule has 2 aromatic rings. The van der Waals surface area contributed by atoms with Gasteiger partial charge in [-0.2, -0.15) is 16.7 Å². The largest absolute Gasteiger partial charge is 0.461 e. The number of hydrogen-bond acceptors (Lipinski definition) is 8. The molecule has 4 rings (SSSR count). The van der Waals surface area contributed by atoms with E-state index in [9.17, 15) is 4.79 Å². The monoisotopic (exact) mass is 392 g/mol. The van der Waals surface area contributed by atoms with Gasteiger partial charge in [0, 0.05) is 43.8 Å². The van der Waals surface area contributed by atoms with Crippen molar-refractivity contribution in [1.82, 2.24) is 20.4 Å². The van der Waals surface area contributed by atoms with E-state index in [0.717, 1.165) is 44.2 Å². The first-order valence-corrected chi connectivity index (χ1v) is 10.4. The summed E-state index contributed by atoms with van der Waals surface area (Å²) in [5, 5.41) is 7.01. The first kappa shape index (κ1) is 18.5. The van der Waals surface area contributed by atoms with Crippen molar-refractivity contribution in [2.45, 2.75) is 24.8 Å². The molecule has 1 atom stereocenters. The van der Waals surface area contributed by atoms with E-state index in [1.54, 1.807) is 18.4 Å². The molecule has 2 saturated heterocycles. The Hall–Kier alpha value is -1.84. The Balaban J connectivity index is 1.27. The van der Waals surface area contributed by atoms with Crippen LogP contribution in [-0.2, 0) is 16.0 Å². The molecular formula is C18H24N4O4S. The molecule has 8 nitrogen and oxygen atoms in total. The minimum atomic E-state index is 0.0114. The van der Waals surface area contributed by atoms with Gasteiger partial charge in [0.1, 0.15) is 0 Å². The fourth-order valence-electron chi connectivity index (χ4n) is 3.57. The summed E-state index contributed by atoms with van der Waals surface area (Å²) in [6, 6.07) is 3.54. The molecule has 9 heteroatoms. The summed E-state index contributed by atoms with van der Waals surface area (Å²) in [7, 11) is 0. The van der Waals surface area contributed by atoms with Crippen molar-refractivity contribution in [3.8, 4) is 11.6 Å². The maximum Gasteiger partial charge on any atom is 0.238 e. The number of carbonyl (C=O) groups excluding carboxylic acids is 1. The number of hydrogen-bond donors (Lipinski definition) is 1. The highest BCUT2D eigenvalue weighted by molar-refractivity contribution is 7.99. The van der Waals surface area contributed by atoms with Crippen LogP contribution in [0.25, 0.3) is 11.6 Å². The van der Waals surface area contributed by atoms with Gasteiger partial charge in [0.05, 0.1) is 19.5 Å². The number of nitrogens with one attached hydrogen (secondary N) is 1. The van der Waals surface area contributed by atoms with E-state index in [-0.39, 0.29) is 11.4 Å². The molecule has 0 spiro atoms. The summed E-state index contributed by atoms with van der Waals surface area (Å²) < 4.78 is 15.9. The fraction of sp³-hybridized carbons (Fsp3) is 0.611. The van der Waals surface area contributed by atoms with Crippen LogP contribution in [0.1, 0.15) is 18.7 Å². The molecule has 1 amide bonds. The van der Waals surface area contributed by atoms with Crippen molar-refractivity contribution < 1.29 is 18.5 Å². The van der Waals surface area contributed by atoms with Crippen molar-refractivity contribution in [3.63, 3.8) is 0 Å². The van der Waals surface area contributed by atoms with Gasteiger partial charge in [0.2, 0.25) is 17.6 Å². The molecule has 2 aromatic heterocycles. The lowest BCUT2D eigenvalue weighted by Gasteiger charge is -2.43. The molecule has 2 aliphatic heterocycles. The van der Waals surface area contributed by atoms with E-state index in [4.69, 9.17) is 13.7 Å². The summed E-state index contributed by atoms with van der Waals surface area (Å²) in [5.74, 6) is 3.62. The van der Waals surface area contributed by atoms with Crippen LogP contribution in [-0.4, -0.2) is 70.8 Å². The summed E-state index contributed by atoms with van der Waals surface area (Å²) in [4.78, 5) is 19.1. The third-order valence-electron chi connectivity index (χ3n) is 5.15. The Morgan fingerprint density at radius 1 is 1.37 bits per heavy atom. The van der Waals surface area contributed by atoms with Gasteiger partial charge in [-0.25, -0.2) is 0 Å². The minimum Gasteiger partial charge on any atom is -0.461 e.